The Kier molecular flexibility index (Phi) is 4.35. The highest BCUT2D eigenvalue weighted by Crippen LogP contribution is 2.25. The number of rotatable bonds is 4. The Bertz CT molecular complexity index is 473. The number of esters is 1. The van der Waals surface area contributed by atoms with E-state index >= 15 is 0 Å². The zero-order valence-electron chi connectivity index (χ0n) is 9.33. The predicted molar refractivity (Wildman–Crippen MR) is 56.3 cm³/mol. The van der Waals surface area contributed by atoms with E-state index in [-0.39, 0.29) is 0 Å². The number of halogens is 1. The highest BCUT2D eigenvalue weighted by atomic mass is 19.1. The molecule has 0 amide bonds. The maximum absolute atomic E-state index is 13.5. The van der Waals surface area contributed by atoms with Crippen molar-refractivity contribution in [3.63, 3.8) is 0 Å². The van der Waals surface area contributed by atoms with Gasteiger partial charge in [0, 0.05) is 5.56 Å². The Morgan fingerprint density at radius 3 is 2.44 bits per heavy atom. The van der Waals surface area contributed by atoms with Crippen LogP contribution in [0, 0.1) is 5.82 Å². The van der Waals surface area contributed by atoms with Crippen molar-refractivity contribution >= 4 is 11.9 Å². The SMILES string of the molecule is COC(=O)C(O)C(O)c1c(F)cccc1C(=O)O. The van der Waals surface area contributed by atoms with Crippen LogP contribution in [0.4, 0.5) is 4.39 Å². The summed E-state index contributed by atoms with van der Waals surface area (Å²) in [5.41, 5.74) is -1.20. The monoisotopic (exact) mass is 258 g/mol. The Balaban J connectivity index is 3.23. The van der Waals surface area contributed by atoms with Crippen molar-refractivity contribution < 1.29 is 34.0 Å². The molecule has 7 heteroatoms. The van der Waals surface area contributed by atoms with Gasteiger partial charge in [-0.3, -0.25) is 0 Å². The van der Waals surface area contributed by atoms with E-state index in [0.29, 0.717) is 0 Å². The summed E-state index contributed by atoms with van der Waals surface area (Å²) in [7, 11) is 0.970. The minimum absolute atomic E-state index is 0.537. The third-order valence-electron chi connectivity index (χ3n) is 2.32. The molecule has 6 nitrogen and oxygen atoms in total. The van der Waals surface area contributed by atoms with Crippen LogP contribution in [0.25, 0.3) is 0 Å². The quantitative estimate of drug-likeness (QED) is 0.661. The van der Waals surface area contributed by atoms with Gasteiger partial charge in [-0.25, -0.2) is 14.0 Å². The summed E-state index contributed by atoms with van der Waals surface area (Å²) >= 11 is 0. The molecule has 0 saturated heterocycles. The molecule has 0 saturated carbocycles. The molecular formula is C11H11FO6. The topological polar surface area (TPSA) is 104 Å². The first-order valence-corrected chi connectivity index (χ1v) is 4.85. The average Bonchev–Trinajstić information content (AvgIpc) is 2.35. The molecule has 1 aromatic carbocycles. The lowest BCUT2D eigenvalue weighted by atomic mass is 9.98. The van der Waals surface area contributed by atoms with Crippen molar-refractivity contribution in [1.82, 2.24) is 0 Å². The summed E-state index contributed by atoms with van der Waals surface area (Å²) in [6, 6.07) is 3.10. The van der Waals surface area contributed by atoms with Crippen LogP contribution in [0.15, 0.2) is 18.2 Å². The van der Waals surface area contributed by atoms with Gasteiger partial charge in [0.15, 0.2) is 6.10 Å². The van der Waals surface area contributed by atoms with Gasteiger partial charge in [-0.1, -0.05) is 6.07 Å². The number of aliphatic hydroxyl groups is 2. The fourth-order valence-electron chi connectivity index (χ4n) is 1.43. The molecule has 2 atom stereocenters. The van der Waals surface area contributed by atoms with Crippen LogP contribution in [-0.2, 0) is 9.53 Å². The molecule has 1 rings (SSSR count). The molecule has 18 heavy (non-hydrogen) atoms. The molecule has 0 spiro atoms. The van der Waals surface area contributed by atoms with Crippen LogP contribution in [0.2, 0.25) is 0 Å². The molecule has 0 aliphatic rings. The minimum atomic E-state index is -2.06. The smallest absolute Gasteiger partial charge is 0.337 e. The van der Waals surface area contributed by atoms with E-state index in [1.165, 1.54) is 0 Å². The molecule has 3 N–H and O–H groups in total. The lowest BCUT2D eigenvalue weighted by Crippen LogP contribution is -2.30. The zero-order valence-corrected chi connectivity index (χ0v) is 9.33. The minimum Gasteiger partial charge on any atom is -0.478 e. The fourth-order valence-corrected chi connectivity index (χ4v) is 1.43. The molecule has 0 fully saturated rings. The van der Waals surface area contributed by atoms with Gasteiger partial charge < -0.3 is 20.1 Å². The fraction of sp³-hybridized carbons (Fsp3) is 0.273. The summed E-state index contributed by atoms with van der Waals surface area (Å²) in [5.74, 6) is -3.71. The van der Waals surface area contributed by atoms with Crippen LogP contribution in [0.3, 0.4) is 0 Å². The summed E-state index contributed by atoms with van der Waals surface area (Å²) in [4.78, 5) is 21.9. The van der Waals surface area contributed by atoms with Gasteiger partial charge in [-0.2, -0.15) is 0 Å². The first-order valence-electron chi connectivity index (χ1n) is 4.85. The van der Waals surface area contributed by atoms with Gasteiger partial charge in [0.1, 0.15) is 11.9 Å². The molecule has 0 aliphatic heterocycles. The van der Waals surface area contributed by atoms with Gasteiger partial charge in [-0.15, -0.1) is 0 Å². The number of carbonyl (C=O) groups is 2. The van der Waals surface area contributed by atoms with Crippen molar-refractivity contribution in [3.8, 4) is 0 Å². The number of carboxylic acid groups (broad SMARTS) is 1. The first-order chi connectivity index (χ1) is 8.40. The third kappa shape index (κ3) is 2.63. The van der Waals surface area contributed by atoms with Crippen LogP contribution < -0.4 is 0 Å². The normalized spacial score (nSPS) is 13.8. The molecule has 0 aromatic heterocycles. The summed E-state index contributed by atoms with van der Waals surface area (Å²) < 4.78 is 17.7. The number of hydrogen-bond acceptors (Lipinski definition) is 5. The summed E-state index contributed by atoms with van der Waals surface area (Å²) in [6.45, 7) is 0. The van der Waals surface area contributed by atoms with Crippen LogP contribution in [0.5, 0.6) is 0 Å². The van der Waals surface area contributed by atoms with Gasteiger partial charge in [0.25, 0.3) is 0 Å². The third-order valence-corrected chi connectivity index (χ3v) is 2.32. The number of carboxylic acids is 1. The van der Waals surface area contributed by atoms with E-state index in [4.69, 9.17) is 5.11 Å². The maximum Gasteiger partial charge on any atom is 0.337 e. The number of benzene rings is 1. The number of hydrogen-bond donors (Lipinski definition) is 3. The highest BCUT2D eigenvalue weighted by molar-refractivity contribution is 5.90. The van der Waals surface area contributed by atoms with Crippen LogP contribution in [-0.4, -0.2) is 40.5 Å². The second kappa shape index (κ2) is 5.56. The summed E-state index contributed by atoms with van der Waals surface area (Å²) in [6.07, 6.45) is -4.09. The van der Waals surface area contributed by atoms with E-state index in [2.05, 4.69) is 4.74 Å². The Morgan fingerprint density at radius 2 is 1.94 bits per heavy atom. The molecule has 2 unspecified atom stereocenters. The van der Waals surface area contributed by atoms with E-state index < -0.39 is 41.1 Å². The van der Waals surface area contributed by atoms with Gasteiger partial charge in [-0.05, 0) is 12.1 Å². The Labute approximate surface area is 101 Å². The first kappa shape index (κ1) is 14.1. The second-order valence-electron chi connectivity index (χ2n) is 3.42. The maximum atomic E-state index is 13.5. The molecule has 98 valence electrons. The molecule has 1 aromatic rings. The van der Waals surface area contributed by atoms with E-state index in [1.54, 1.807) is 0 Å². The van der Waals surface area contributed by atoms with E-state index in [1.807, 2.05) is 0 Å². The number of aliphatic hydroxyl groups excluding tert-OH is 2. The number of methoxy groups -OCH3 is 1. The highest BCUT2D eigenvalue weighted by Gasteiger charge is 2.31. The lowest BCUT2D eigenvalue weighted by Gasteiger charge is -2.18. The number of aromatic carboxylic acids is 1. The summed E-state index contributed by atoms with van der Waals surface area (Å²) in [5, 5.41) is 27.9. The van der Waals surface area contributed by atoms with E-state index in [0.717, 1.165) is 25.3 Å². The number of carbonyl (C=O) groups excluding carboxylic acids is 1. The Morgan fingerprint density at radius 1 is 1.33 bits per heavy atom. The Hall–Kier alpha value is -1.99. The van der Waals surface area contributed by atoms with Crippen LogP contribution >= 0.6 is 0 Å². The molecule has 0 aliphatic carbocycles. The predicted octanol–water partition coefficient (Wildman–Crippen LogP) is 0.0912. The largest absolute Gasteiger partial charge is 0.478 e. The average molecular weight is 258 g/mol. The second-order valence-corrected chi connectivity index (χ2v) is 3.42. The number of ether oxygens (including phenoxy) is 1. The lowest BCUT2D eigenvalue weighted by molar-refractivity contribution is -0.156. The van der Waals surface area contributed by atoms with Gasteiger partial charge >= 0.3 is 11.9 Å². The van der Waals surface area contributed by atoms with E-state index in [9.17, 15) is 24.2 Å². The van der Waals surface area contributed by atoms with Gasteiger partial charge in [0.2, 0.25) is 0 Å². The van der Waals surface area contributed by atoms with Crippen molar-refractivity contribution in [1.29, 1.82) is 0 Å². The standard InChI is InChI=1S/C11H11FO6/c1-18-11(17)9(14)8(13)7-5(10(15)16)3-2-4-6(7)12/h2-4,8-9,13-14H,1H3,(H,15,16). The van der Waals surface area contributed by atoms with Crippen LogP contribution in [0.1, 0.15) is 22.0 Å². The van der Waals surface area contributed by atoms with Crippen molar-refractivity contribution in [2.24, 2.45) is 0 Å². The molecule has 0 radical (unpaired) electrons. The van der Waals surface area contributed by atoms with Crippen molar-refractivity contribution in [2.75, 3.05) is 7.11 Å². The zero-order chi connectivity index (χ0) is 13.9. The molecular weight excluding hydrogens is 247 g/mol. The molecule has 0 heterocycles. The van der Waals surface area contributed by atoms with Crippen molar-refractivity contribution in [3.05, 3.63) is 35.1 Å². The molecule has 0 bridgehead atoms. The van der Waals surface area contributed by atoms with Gasteiger partial charge in [0.05, 0.1) is 12.7 Å². The van der Waals surface area contributed by atoms with Crippen molar-refractivity contribution in [2.45, 2.75) is 12.2 Å².